The lowest BCUT2D eigenvalue weighted by atomic mass is 10.1. The van der Waals surface area contributed by atoms with Crippen molar-refractivity contribution < 1.29 is 4.79 Å². The van der Waals surface area contributed by atoms with E-state index < -0.39 is 0 Å². The van der Waals surface area contributed by atoms with Crippen LogP contribution in [0.1, 0.15) is 22.8 Å². The fourth-order valence-electron chi connectivity index (χ4n) is 1.78. The Balaban J connectivity index is 2.19. The van der Waals surface area contributed by atoms with Crippen LogP contribution in [0.2, 0.25) is 0 Å². The third-order valence-electron chi connectivity index (χ3n) is 2.82. The topological polar surface area (TPSA) is 88.0 Å². The van der Waals surface area contributed by atoms with Gasteiger partial charge in [-0.3, -0.25) is 9.59 Å². The number of amides is 1. The Morgan fingerprint density at radius 3 is 2.74 bits per heavy atom. The van der Waals surface area contributed by atoms with Crippen molar-refractivity contribution in [2.24, 2.45) is 0 Å². The lowest BCUT2D eigenvalue weighted by molar-refractivity contribution is 0.102. The molecule has 0 unspecified atom stereocenters. The maximum absolute atomic E-state index is 11.9. The van der Waals surface area contributed by atoms with Gasteiger partial charge >= 0.3 is 0 Å². The highest BCUT2D eigenvalue weighted by molar-refractivity contribution is 6.04. The molecule has 19 heavy (non-hydrogen) atoms. The summed E-state index contributed by atoms with van der Waals surface area (Å²) >= 11 is 0. The number of aromatic nitrogens is 1. The molecule has 1 amide bonds. The van der Waals surface area contributed by atoms with Crippen molar-refractivity contribution in [3.8, 4) is 0 Å². The van der Waals surface area contributed by atoms with E-state index in [1.807, 2.05) is 13.0 Å². The predicted molar refractivity (Wildman–Crippen MR) is 75.2 cm³/mol. The highest BCUT2D eigenvalue weighted by Crippen LogP contribution is 2.18. The average molecular weight is 257 g/mol. The number of carbonyl (C=O) groups is 1. The number of nitrogens with one attached hydrogen (secondary N) is 2. The zero-order chi connectivity index (χ0) is 13.8. The van der Waals surface area contributed by atoms with Crippen molar-refractivity contribution in [2.75, 3.05) is 11.1 Å². The van der Waals surface area contributed by atoms with Crippen molar-refractivity contribution in [3.05, 3.63) is 58.0 Å². The van der Waals surface area contributed by atoms with Gasteiger partial charge in [-0.1, -0.05) is 13.0 Å². The van der Waals surface area contributed by atoms with Gasteiger partial charge in [-0.15, -0.1) is 0 Å². The van der Waals surface area contributed by atoms with E-state index in [0.29, 0.717) is 16.9 Å². The summed E-state index contributed by atoms with van der Waals surface area (Å²) in [5, 5.41) is 2.71. The first-order chi connectivity index (χ1) is 9.10. The van der Waals surface area contributed by atoms with Crippen molar-refractivity contribution in [1.29, 1.82) is 0 Å². The van der Waals surface area contributed by atoms with E-state index in [1.54, 1.807) is 18.2 Å². The van der Waals surface area contributed by atoms with Gasteiger partial charge in [0.25, 0.3) is 5.91 Å². The molecule has 98 valence electrons. The summed E-state index contributed by atoms with van der Waals surface area (Å²) in [4.78, 5) is 25.5. The number of aromatic amines is 1. The van der Waals surface area contributed by atoms with Gasteiger partial charge < -0.3 is 16.0 Å². The molecule has 2 aromatic rings. The minimum absolute atomic E-state index is 0.307. The third kappa shape index (κ3) is 3.01. The molecule has 5 heteroatoms. The normalized spacial score (nSPS) is 10.2. The largest absolute Gasteiger partial charge is 0.398 e. The molecule has 1 heterocycles. The van der Waals surface area contributed by atoms with Crippen molar-refractivity contribution in [2.45, 2.75) is 13.3 Å². The molecule has 4 N–H and O–H groups in total. The Hall–Kier alpha value is -2.56. The first-order valence-corrected chi connectivity index (χ1v) is 5.98. The van der Waals surface area contributed by atoms with Gasteiger partial charge in [0.15, 0.2) is 0 Å². The van der Waals surface area contributed by atoms with Crippen LogP contribution in [0.15, 0.2) is 41.3 Å². The zero-order valence-corrected chi connectivity index (χ0v) is 10.6. The van der Waals surface area contributed by atoms with Crippen LogP contribution < -0.4 is 16.6 Å². The number of benzene rings is 1. The van der Waals surface area contributed by atoms with Crippen LogP contribution >= 0.6 is 0 Å². The van der Waals surface area contributed by atoms with E-state index >= 15 is 0 Å². The fraction of sp³-hybridized carbons (Fsp3) is 0.143. The molecule has 0 atom stereocenters. The Bertz CT molecular complexity index is 662. The molecular formula is C14H15N3O2. The number of hydrogen-bond donors (Lipinski definition) is 3. The number of nitrogen functional groups attached to an aromatic ring is 1. The first-order valence-electron chi connectivity index (χ1n) is 5.98. The van der Waals surface area contributed by atoms with Crippen LogP contribution in [0, 0.1) is 0 Å². The molecule has 0 spiro atoms. The summed E-state index contributed by atoms with van der Waals surface area (Å²) in [5.41, 5.74) is 8.15. The van der Waals surface area contributed by atoms with Crippen LogP contribution in [0.25, 0.3) is 0 Å². The Morgan fingerprint density at radius 2 is 2.11 bits per heavy atom. The molecule has 0 fully saturated rings. The van der Waals surface area contributed by atoms with Crippen LogP contribution in [-0.2, 0) is 6.42 Å². The average Bonchev–Trinajstić information content (AvgIpc) is 2.39. The van der Waals surface area contributed by atoms with Crippen molar-refractivity contribution in [3.63, 3.8) is 0 Å². The summed E-state index contributed by atoms with van der Waals surface area (Å²) < 4.78 is 0. The lowest BCUT2D eigenvalue weighted by Crippen LogP contribution is -2.15. The summed E-state index contributed by atoms with van der Waals surface area (Å²) in [7, 11) is 0. The van der Waals surface area contributed by atoms with Gasteiger partial charge in [0, 0.05) is 29.2 Å². The monoisotopic (exact) mass is 257 g/mol. The summed E-state index contributed by atoms with van der Waals surface area (Å²) in [6, 6.07) is 8.17. The van der Waals surface area contributed by atoms with Gasteiger partial charge in [-0.25, -0.2) is 0 Å². The number of pyridine rings is 1. The molecule has 0 radical (unpaired) electrons. The van der Waals surface area contributed by atoms with Crippen LogP contribution in [-0.4, -0.2) is 10.9 Å². The Labute approximate surface area is 110 Å². The predicted octanol–water partition coefficient (Wildman–Crippen LogP) is 1.77. The van der Waals surface area contributed by atoms with E-state index in [0.717, 1.165) is 12.0 Å². The quantitative estimate of drug-likeness (QED) is 0.732. The fourth-order valence-corrected chi connectivity index (χ4v) is 1.78. The van der Waals surface area contributed by atoms with E-state index in [-0.39, 0.29) is 11.5 Å². The minimum atomic E-state index is -0.338. The smallest absolute Gasteiger partial charge is 0.255 e. The number of hydrogen-bond acceptors (Lipinski definition) is 3. The van der Waals surface area contributed by atoms with Gasteiger partial charge in [0.05, 0.1) is 0 Å². The van der Waals surface area contributed by atoms with Crippen LogP contribution in [0.3, 0.4) is 0 Å². The van der Waals surface area contributed by atoms with Gasteiger partial charge in [-0.2, -0.15) is 0 Å². The van der Waals surface area contributed by atoms with Crippen LogP contribution in [0.5, 0.6) is 0 Å². The number of carbonyl (C=O) groups excluding carboxylic acids is 1. The summed E-state index contributed by atoms with van der Waals surface area (Å²) in [5.74, 6) is -0.338. The molecule has 0 saturated heterocycles. The zero-order valence-electron chi connectivity index (χ0n) is 10.6. The second-order valence-corrected chi connectivity index (χ2v) is 4.16. The maximum atomic E-state index is 11.9. The minimum Gasteiger partial charge on any atom is -0.398 e. The van der Waals surface area contributed by atoms with Crippen molar-refractivity contribution in [1.82, 2.24) is 4.98 Å². The van der Waals surface area contributed by atoms with Gasteiger partial charge in [0.2, 0.25) is 5.56 Å². The molecule has 0 bridgehead atoms. The molecule has 5 nitrogen and oxygen atoms in total. The highest BCUT2D eigenvalue weighted by atomic mass is 16.2. The standard InChI is InChI=1S/C14H15N3O2/c1-2-9-3-4-11(8-12(9)15)17-14(19)10-5-6-16-13(18)7-10/h3-8H,2,15H2,1H3,(H,16,18)(H,17,19). The Kier molecular flexibility index (Phi) is 3.66. The number of nitrogens with two attached hydrogens (primary N) is 1. The van der Waals surface area contributed by atoms with Crippen LogP contribution in [0.4, 0.5) is 11.4 Å². The molecular weight excluding hydrogens is 242 g/mol. The maximum Gasteiger partial charge on any atom is 0.255 e. The molecule has 0 aliphatic rings. The number of anilines is 2. The van der Waals surface area contributed by atoms with E-state index in [2.05, 4.69) is 10.3 Å². The second kappa shape index (κ2) is 5.39. The van der Waals surface area contributed by atoms with Gasteiger partial charge in [0.1, 0.15) is 0 Å². The van der Waals surface area contributed by atoms with E-state index in [4.69, 9.17) is 5.73 Å². The molecule has 0 saturated carbocycles. The first kappa shape index (κ1) is 12.9. The summed E-state index contributed by atoms with van der Waals surface area (Å²) in [6.07, 6.45) is 2.28. The lowest BCUT2D eigenvalue weighted by Gasteiger charge is -2.08. The number of rotatable bonds is 3. The highest BCUT2D eigenvalue weighted by Gasteiger charge is 2.07. The third-order valence-corrected chi connectivity index (χ3v) is 2.82. The number of aryl methyl sites for hydroxylation is 1. The second-order valence-electron chi connectivity index (χ2n) is 4.16. The summed E-state index contributed by atoms with van der Waals surface area (Å²) in [6.45, 7) is 2.01. The van der Waals surface area contributed by atoms with E-state index in [1.165, 1.54) is 12.3 Å². The van der Waals surface area contributed by atoms with E-state index in [9.17, 15) is 9.59 Å². The van der Waals surface area contributed by atoms with Gasteiger partial charge in [-0.05, 0) is 30.2 Å². The molecule has 1 aromatic carbocycles. The van der Waals surface area contributed by atoms with Crippen molar-refractivity contribution >= 4 is 17.3 Å². The molecule has 0 aliphatic heterocycles. The molecule has 0 aliphatic carbocycles. The molecule has 2 rings (SSSR count). The molecule has 1 aromatic heterocycles. The Morgan fingerprint density at radius 1 is 1.32 bits per heavy atom. The number of H-pyrrole nitrogens is 1. The SMILES string of the molecule is CCc1ccc(NC(=O)c2cc[nH]c(=O)c2)cc1N.